The molecule has 0 atom stereocenters. The SMILES string of the molecule is Cc1ccc(-c2nc(C)sc2CC(=O)Nc2cccc(-c3nnc4n3CCCCC4)c2)cc1. The molecule has 33 heavy (non-hydrogen) atoms. The first-order valence-electron chi connectivity index (χ1n) is 11.4. The Kier molecular flexibility index (Phi) is 6.05. The molecular formula is C26H27N5OS. The molecule has 0 spiro atoms. The number of aryl methyl sites for hydroxylation is 3. The Morgan fingerprint density at radius 3 is 2.73 bits per heavy atom. The summed E-state index contributed by atoms with van der Waals surface area (Å²) in [6, 6.07) is 16.2. The highest BCUT2D eigenvalue weighted by atomic mass is 32.1. The number of rotatable bonds is 5. The van der Waals surface area contributed by atoms with E-state index >= 15 is 0 Å². The maximum atomic E-state index is 12.9. The Morgan fingerprint density at radius 2 is 1.88 bits per heavy atom. The maximum absolute atomic E-state index is 12.9. The van der Waals surface area contributed by atoms with Crippen molar-refractivity contribution in [1.29, 1.82) is 0 Å². The molecule has 6 nitrogen and oxygen atoms in total. The summed E-state index contributed by atoms with van der Waals surface area (Å²) < 4.78 is 2.22. The summed E-state index contributed by atoms with van der Waals surface area (Å²) in [6.07, 6.45) is 4.79. The highest BCUT2D eigenvalue weighted by Crippen LogP contribution is 2.29. The van der Waals surface area contributed by atoms with Gasteiger partial charge in [0.05, 0.1) is 17.1 Å². The molecule has 2 aromatic carbocycles. The van der Waals surface area contributed by atoms with Crippen LogP contribution in [0.4, 0.5) is 5.69 Å². The van der Waals surface area contributed by atoms with Gasteiger partial charge in [0.1, 0.15) is 5.82 Å². The molecule has 168 valence electrons. The lowest BCUT2D eigenvalue weighted by Gasteiger charge is -2.10. The molecule has 5 rings (SSSR count). The number of nitrogens with zero attached hydrogens (tertiary/aromatic N) is 4. The number of hydrogen-bond acceptors (Lipinski definition) is 5. The number of anilines is 1. The van der Waals surface area contributed by atoms with Crippen molar-refractivity contribution in [2.75, 3.05) is 5.32 Å². The van der Waals surface area contributed by atoms with Crippen molar-refractivity contribution in [2.45, 2.75) is 52.5 Å². The molecule has 2 aromatic heterocycles. The zero-order valence-electron chi connectivity index (χ0n) is 19.0. The number of fused-ring (bicyclic) bond motifs is 1. The second kappa shape index (κ2) is 9.27. The van der Waals surface area contributed by atoms with Gasteiger partial charge >= 0.3 is 0 Å². The molecule has 4 aromatic rings. The van der Waals surface area contributed by atoms with Crippen molar-refractivity contribution >= 4 is 22.9 Å². The van der Waals surface area contributed by atoms with Gasteiger partial charge in [-0.2, -0.15) is 0 Å². The van der Waals surface area contributed by atoms with Crippen LogP contribution in [0.2, 0.25) is 0 Å². The van der Waals surface area contributed by atoms with Gasteiger partial charge in [-0.1, -0.05) is 48.4 Å². The standard InChI is InChI=1S/C26H27N5OS/c1-17-10-12-19(13-11-17)25-22(33-18(2)27-25)16-24(32)28-21-8-6-7-20(15-21)26-30-29-23-9-4-3-5-14-31(23)26/h6-8,10-13,15H,3-5,9,14,16H2,1-2H3,(H,28,32). The van der Waals surface area contributed by atoms with E-state index in [1.54, 1.807) is 11.3 Å². The van der Waals surface area contributed by atoms with E-state index in [9.17, 15) is 4.79 Å². The Hall–Kier alpha value is -3.32. The van der Waals surface area contributed by atoms with Crippen molar-refractivity contribution < 1.29 is 4.79 Å². The predicted molar refractivity (Wildman–Crippen MR) is 132 cm³/mol. The molecule has 1 amide bonds. The number of aromatic nitrogens is 4. The molecule has 0 fully saturated rings. The van der Waals surface area contributed by atoms with E-state index in [0.29, 0.717) is 6.42 Å². The van der Waals surface area contributed by atoms with E-state index < -0.39 is 0 Å². The highest BCUT2D eigenvalue weighted by molar-refractivity contribution is 7.12. The summed E-state index contributed by atoms with van der Waals surface area (Å²) in [4.78, 5) is 18.6. The van der Waals surface area contributed by atoms with Crippen molar-refractivity contribution in [3.63, 3.8) is 0 Å². The maximum Gasteiger partial charge on any atom is 0.229 e. The average Bonchev–Trinajstić information content (AvgIpc) is 3.29. The van der Waals surface area contributed by atoms with E-state index in [1.165, 1.54) is 12.0 Å². The topological polar surface area (TPSA) is 72.7 Å². The van der Waals surface area contributed by atoms with Crippen LogP contribution >= 0.6 is 11.3 Å². The van der Waals surface area contributed by atoms with E-state index in [4.69, 9.17) is 0 Å². The van der Waals surface area contributed by atoms with Crippen LogP contribution in [0, 0.1) is 13.8 Å². The first-order chi connectivity index (χ1) is 16.1. The number of carbonyl (C=O) groups excluding carboxylic acids is 1. The smallest absolute Gasteiger partial charge is 0.229 e. The van der Waals surface area contributed by atoms with Crippen LogP contribution in [-0.4, -0.2) is 25.7 Å². The fourth-order valence-corrected chi connectivity index (χ4v) is 5.27. The monoisotopic (exact) mass is 457 g/mol. The Balaban J connectivity index is 1.34. The number of carbonyl (C=O) groups is 1. The number of nitrogens with one attached hydrogen (secondary N) is 1. The van der Waals surface area contributed by atoms with Crippen LogP contribution in [0.5, 0.6) is 0 Å². The Morgan fingerprint density at radius 1 is 1.03 bits per heavy atom. The molecule has 3 heterocycles. The van der Waals surface area contributed by atoms with Gasteiger partial charge in [0.2, 0.25) is 5.91 Å². The molecule has 1 aliphatic rings. The summed E-state index contributed by atoms with van der Waals surface area (Å²) in [5, 5.41) is 12.9. The zero-order valence-corrected chi connectivity index (χ0v) is 19.8. The molecular weight excluding hydrogens is 430 g/mol. The summed E-state index contributed by atoms with van der Waals surface area (Å²) in [6.45, 7) is 4.99. The molecule has 0 unspecified atom stereocenters. The van der Waals surface area contributed by atoms with Gasteiger partial charge < -0.3 is 9.88 Å². The quantitative estimate of drug-likeness (QED) is 0.424. The molecule has 7 heteroatoms. The lowest BCUT2D eigenvalue weighted by molar-refractivity contribution is -0.115. The minimum atomic E-state index is -0.0516. The van der Waals surface area contributed by atoms with E-state index in [0.717, 1.165) is 69.8 Å². The first-order valence-corrected chi connectivity index (χ1v) is 12.2. The van der Waals surface area contributed by atoms with Gasteiger partial charge in [0, 0.05) is 34.7 Å². The molecule has 0 saturated heterocycles. The second-order valence-electron chi connectivity index (χ2n) is 8.58. The Bertz CT molecular complexity index is 1290. The minimum absolute atomic E-state index is 0.0516. The zero-order chi connectivity index (χ0) is 22.8. The molecule has 1 N–H and O–H groups in total. The first kappa shape index (κ1) is 21.5. The fourth-order valence-electron chi connectivity index (χ4n) is 4.31. The lowest BCUT2D eigenvalue weighted by atomic mass is 10.1. The van der Waals surface area contributed by atoms with E-state index in [-0.39, 0.29) is 5.91 Å². The second-order valence-corrected chi connectivity index (χ2v) is 9.87. The third-order valence-corrected chi connectivity index (χ3v) is 6.94. The van der Waals surface area contributed by atoms with Crippen LogP contribution in [-0.2, 0) is 24.2 Å². The van der Waals surface area contributed by atoms with Crippen molar-refractivity contribution in [1.82, 2.24) is 19.7 Å². The third-order valence-electron chi connectivity index (χ3n) is 5.96. The van der Waals surface area contributed by atoms with E-state index in [2.05, 4.69) is 56.3 Å². The minimum Gasteiger partial charge on any atom is -0.326 e. The fraction of sp³-hybridized carbons (Fsp3) is 0.308. The molecule has 0 bridgehead atoms. The van der Waals surface area contributed by atoms with Gasteiger partial charge in [-0.25, -0.2) is 4.98 Å². The predicted octanol–water partition coefficient (Wildman–Crippen LogP) is 5.59. The summed E-state index contributed by atoms with van der Waals surface area (Å²) in [5.41, 5.74) is 4.88. The van der Waals surface area contributed by atoms with Crippen LogP contribution in [0.15, 0.2) is 48.5 Å². The van der Waals surface area contributed by atoms with Crippen molar-refractivity contribution in [2.24, 2.45) is 0 Å². The molecule has 1 aliphatic heterocycles. The number of benzene rings is 2. The molecule has 0 radical (unpaired) electrons. The summed E-state index contributed by atoms with van der Waals surface area (Å²) in [7, 11) is 0. The highest BCUT2D eigenvalue weighted by Gasteiger charge is 2.18. The van der Waals surface area contributed by atoms with Gasteiger partial charge in [0.15, 0.2) is 5.82 Å². The molecule has 0 saturated carbocycles. The van der Waals surface area contributed by atoms with Gasteiger partial charge in [-0.05, 0) is 38.8 Å². The van der Waals surface area contributed by atoms with Crippen LogP contribution < -0.4 is 5.32 Å². The van der Waals surface area contributed by atoms with Crippen LogP contribution in [0.25, 0.3) is 22.6 Å². The number of hydrogen-bond donors (Lipinski definition) is 1. The Labute approximate surface area is 197 Å². The molecule has 0 aliphatic carbocycles. The van der Waals surface area contributed by atoms with Crippen molar-refractivity contribution in [3.8, 4) is 22.6 Å². The lowest BCUT2D eigenvalue weighted by Crippen LogP contribution is -2.14. The van der Waals surface area contributed by atoms with Crippen LogP contribution in [0.1, 0.15) is 40.5 Å². The van der Waals surface area contributed by atoms with E-state index in [1.807, 2.05) is 31.2 Å². The summed E-state index contributed by atoms with van der Waals surface area (Å²) in [5.74, 6) is 1.88. The largest absolute Gasteiger partial charge is 0.326 e. The van der Waals surface area contributed by atoms with Crippen LogP contribution in [0.3, 0.4) is 0 Å². The summed E-state index contributed by atoms with van der Waals surface area (Å²) >= 11 is 1.58. The number of thiazole rings is 1. The van der Waals surface area contributed by atoms with Gasteiger partial charge in [-0.15, -0.1) is 21.5 Å². The van der Waals surface area contributed by atoms with Crippen molar-refractivity contribution in [3.05, 3.63) is 69.8 Å². The normalized spacial score (nSPS) is 13.4. The van der Waals surface area contributed by atoms with Gasteiger partial charge in [-0.3, -0.25) is 4.79 Å². The average molecular weight is 458 g/mol. The van der Waals surface area contributed by atoms with Gasteiger partial charge in [0.25, 0.3) is 0 Å². The third kappa shape index (κ3) is 4.73. The number of amides is 1.